The van der Waals surface area contributed by atoms with Gasteiger partial charge < -0.3 is 0 Å². The minimum absolute atomic E-state index is 1.06. The summed E-state index contributed by atoms with van der Waals surface area (Å²) in [6, 6.07) is 10.8. The van der Waals surface area contributed by atoms with Gasteiger partial charge >= 0.3 is 0 Å². The van der Waals surface area contributed by atoms with E-state index in [1.54, 1.807) is 0 Å². The summed E-state index contributed by atoms with van der Waals surface area (Å²) in [4.78, 5) is 0. The Kier molecular flexibility index (Phi) is 1.96. The van der Waals surface area contributed by atoms with Crippen molar-refractivity contribution < 1.29 is 0 Å². The van der Waals surface area contributed by atoms with E-state index in [2.05, 4.69) is 48.6 Å². The van der Waals surface area contributed by atoms with Gasteiger partial charge in [-0.25, -0.2) is 0 Å². The highest BCUT2D eigenvalue weighted by Crippen LogP contribution is 2.27. The molecule has 1 heterocycles. The fourth-order valence-electron chi connectivity index (χ4n) is 2.35. The van der Waals surface area contributed by atoms with Gasteiger partial charge in [0.1, 0.15) is 5.52 Å². The van der Waals surface area contributed by atoms with Crippen LogP contribution in [0.2, 0.25) is 0 Å². The number of hydrogen-bond donors (Lipinski definition) is 0. The lowest BCUT2D eigenvalue weighted by Gasteiger charge is -2.04. The normalized spacial score (nSPS) is 11.4. The van der Waals surface area contributed by atoms with Crippen LogP contribution in [0.4, 0.5) is 0 Å². The van der Waals surface area contributed by atoms with Crippen LogP contribution in [-0.4, -0.2) is 9.78 Å². The van der Waals surface area contributed by atoms with Gasteiger partial charge in [0.05, 0.1) is 0 Å². The summed E-state index contributed by atoms with van der Waals surface area (Å²) >= 11 is 0. The average Bonchev–Trinajstić information content (AvgIpc) is 2.68. The van der Waals surface area contributed by atoms with Gasteiger partial charge in [-0.05, 0) is 23.4 Å². The molecule has 0 spiro atoms. The summed E-state index contributed by atoms with van der Waals surface area (Å²) in [5.74, 6) is 0. The number of aromatic nitrogens is 2. The topological polar surface area (TPSA) is 17.8 Å². The van der Waals surface area contributed by atoms with E-state index < -0.39 is 0 Å². The zero-order chi connectivity index (χ0) is 11.1. The van der Waals surface area contributed by atoms with Crippen LogP contribution >= 0.6 is 0 Å². The molecule has 0 atom stereocenters. The van der Waals surface area contributed by atoms with Crippen LogP contribution in [0.3, 0.4) is 0 Å². The molecule has 0 saturated heterocycles. The van der Waals surface area contributed by atoms with Crippen LogP contribution in [0.25, 0.3) is 21.7 Å². The molecule has 0 saturated carbocycles. The summed E-state index contributed by atoms with van der Waals surface area (Å²) < 4.78 is 1.89. The van der Waals surface area contributed by atoms with Crippen LogP contribution in [0.1, 0.15) is 12.5 Å². The van der Waals surface area contributed by atoms with Gasteiger partial charge in [-0.15, -0.1) is 0 Å². The fraction of sp³-hybridized carbons (Fsp3) is 0.214. The van der Waals surface area contributed by atoms with E-state index in [9.17, 15) is 0 Å². The molecule has 3 rings (SSSR count). The Labute approximate surface area is 94.5 Å². The highest BCUT2D eigenvalue weighted by molar-refractivity contribution is 6.06. The standard InChI is InChI=1S/C14H14N2/c1-3-10-8-11-9-16(2)15-14(11)13-7-5-4-6-12(10)13/h4-9H,3H2,1-2H3. The van der Waals surface area contributed by atoms with Gasteiger partial charge in [0.2, 0.25) is 0 Å². The predicted octanol–water partition coefficient (Wildman–Crippen LogP) is 3.29. The Morgan fingerprint density at radius 1 is 1.19 bits per heavy atom. The second-order valence-corrected chi connectivity index (χ2v) is 4.18. The Bertz CT molecular complexity index is 665. The van der Waals surface area contributed by atoms with Crippen molar-refractivity contribution in [1.29, 1.82) is 0 Å². The van der Waals surface area contributed by atoms with Crippen LogP contribution in [0.5, 0.6) is 0 Å². The summed E-state index contributed by atoms with van der Waals surface area (Å²) in [6.07, 6.45) is 3.15. The molecule has 2 heteroatoms. The SMILES string of the molecule is CCc1cc2cn(C)nc2c2ccccc12. The molecule has 0 unspecified atom stereocenters. The van der Waals surface area contributed by atoms with E-state index in [0.29, 0.717) is 0 Å². The van der Waals surface area contributed by atoms with Gasteiger partial charge in [-0.2, -0.15) is 5.10 Å². The average molecular weight is 210 g/mol. The first-order valence-electron chi connectivity index (χ1n) is 5.63. The number of aryl methyl sites for hydroxylation is 2. The molecule has 2 nitrogen and oxygen atoms in total. The number of nitrogens with zero attached hydrogens (tertiary/aromatic N) is 2. The van der Waals surface area contributed by atoms with Gasteiger partial charge in [0, 0.05) is 24.0 Å². The Morgan fingerprint density at radius 3 is 2.69 bits per heavy atom. The van der Waals surface area contributed by atoms with Crippen molar-refractivity contribution in [2.75, 3.05) is 0 Å². The van der Waals surface area contributed by atoms with Crippen molar-refractivity contribution in [3.63, 3.8) is 0 Å². The maximum atomic E-state index is 4.53. The largest absolute Gasteiger partial charge is 0.275 e. The van der Waals surface area contributed by atoms with Gasteiger partial charge in [0.15, 0.2) is 0 Å². The molecule has 0 bridgehead atoms. The molecule has 3 aromatic rings. The number of fused-ring (bicyclic) bond motifs is 3. The lowest BCUT2D eigenvalue weighted by atomic mass is 10.00. The second kappa shape index (κ2) is 3.34. The van der Waals surface area contributed by atoms with E-state index >= 15 is 0 Å². The summed E-state index contributed by atoms with van der Waals surface area (Å²) in [7, 11) is 1.97. The molecule has 0 fully saturated rings. The van der Waals surface area contributed by atoms with Crippen LogP contribution < -0.4 is 0 Å². The van der Waals surface area contributed by atoms with Crippen molar-refractivity contribution in [1.82, 2.24) is 9.78 Å². The number of hydrogen-bond acceptors (Lipinski definition) is 1. The maximum absolute atomic E-state index is 4.53. The molecule has 0 radical (unpaired) electrons. The van der Waals surface area contributed by atoms with Crippen molar-refractivity contribution in [3.05, 3.63) is 42.1 Å². The summed E-state index contributed by atoms with van der Waals surface area (Å²) in [5.41, 5.74) is 2.51. The molecule has 0 amide bonds. The predicted molar refractivity (Wildman–Crippen MR) is 67.6 cm³/mol. The minimum Gasteiger partial charge on any atom is -0.275 e. The Morgan fingerprint density at radius 2 is 1.94 bits per heavy atom. The van der Waals surface area contributed by atoms with Gasteiger partial charge in [0.25, 0.3) is 0 Å². The molecule has 16 heavy (non-hydrogen) atoms. The third-order valence-electron chi connectivity index (χ3n) is 3.10. The maximum Gasteiger partial charge on any atom is 0.100 e. The van der Waals surface area contributed by atoms with E-state index in [0.717, 1.165) is 11.9 Å². The molecule has 0 aliphatic heterocycles. The van der Waals surface area contributed by atoms with Crippen molar-refractivity contribution in [2.45, 2.75) is 13.3 Å². The Hall–Kier alpha value is -1.83. The van der Waals surface area contributed by atoms with Crippen molar-refractivity contribution in [2.24, 2.45) is 7.05 Å². The smallest absolute Gasteiger partial charge is 0.100 e. The second-order valence-electron chi connectivity index (χ2n) is 4.18. The first-order valence-corrected chi connectivity index (χ1v) is 5.63. The zero-order valence-electron chi connectivity index (χ0n) is 9.57. The van der Waals surface area contributed by atoms with E-state index in [1.807, 2.05) is 11.7 Å². The molecule has 80 valence electrons. The van der Waals surface area contributed by atoms with E-state index in [4.69, 9.17) is 0 Å². The van der Waals surface area contributed by atoms with Gasteiger partial charge in [-0.1, -0.05) is 31.2 Å². The first kappa shape index (κ1) is 9.40. The van der Waals surface area contributed by atoms with Crippen molar-refractivity contribution >= 4 is 21.7 Å². The fourth-order valence-corrected chi connectivity index (χ4v) is 2.35. The quantitative estimate of drug-likeness (QED) is 0.602. The Balaban J connectivity index is 2.56. The highest BCUT2D eigenvalue weighted by Gasteiger charge is 2.07. The first-order chi connectivity index (χ1) is 7.79. The molecular formula is C14H14N2. The van der Waals surface area contributed by atoms with E-state index in [-0.39, 0.29) is 0 Å². The van der Waals surface area contributed by atoms with Crippen LogP contribution in [0.15, 0.2) is 36.5 Å². The third-order valence-corrected chi connectivity index (χ3v) is 3.10. The monoisotopic (exact) mass is 210 g/mol. The summed E-state index contributed by atoms with van der Waals surface area (Å²) in [5, 5.41) is 8.36. The third kappa shape index (κ3) is 1.23. The molecular weight excluding hydrogens is 196 g/mol. The van der Waals surface area contributed by atoms with E-state index in [1.165, 1.54) is 21.7 Å². The number of rotatable bonds is 1. The van der Waals surface area contributed by atoms with Crippen LogP contribution in [-0.2, 0) is 13.5 Å². The van der Waals surface area contributed by atoms with Crippen LogP contribution in [0, 0.1) is 0 Å². The molecule has 0 aliphatic carbocycles. The minimum atomic E-state index is 1.06. The lowest BCUT2D eigenvalue weighted by Crippen LogP contribution is -1.86. The lowest BCUT2D eigenvalue weighted by molar-refractivity contribution is 0.780. The zero-order valence-corrected chi connectivity index (χ0v) is 9.57. The summed E-state index contributed by atoms with van der Waals surface area (Å²) in [6.45, 7) is 2.20. The van der Waals surface area contributed by atoms with Gasteiger partial charge in [-0.3, -0.25) is 4.68 Å². The molecule has 0 aliphatic rings. The molecule has 0 N–H and O–H groups in total. The molecule has 2 aromatic carbocycles. The highest BCUT2D eigenvalue weighted by atomic mass is 15.2. The van der Waals surface area contributed by atoms with Crippen molar-refractivity contribution in [3.8, 4) is 0 Å². The number of benzene rings is 2. The molecule has 1 aromatic heterocycles.